The fourth-order valence-corrected chi connectivity index (χ4v) is 6.73. The van der Waals surface area contributed by atoms with E-state index in [0.29, 0.717) is 5.52 Å². The van der Waals surface area contributed by atoms with Crippen LogP contribution in [0.2, 0.25) is 0 Å². The van der Waals surface area contributed by atoms with Crippen LogP contribution in [-0.4, -0.2) is 4.40 Å². The van der Waals surface area contributed by atoms with E-state index < -0.39 is 11.7 Å². The van der Waals surface area contributed by atoms with Crippen molar-refractivity contribution in [2.45, 2.75) is 47.2 Å². The fraction of sp³-hybridized carbons (Fsp3) is 0.265. The average molecular weight is 524 g/mol. The molecule has 3 heterocycles. The highest BCUT2D eigenvalue weighted by molar-refractivity contribution is 6.29. The Bertz CT molecular complexity index is 2140. The van der Waals surface area contributed by atoms with Gasteiger partial charge in [-0.15, -0.1) is 0 Å². The van der Waals surface area contributed by atoms with Crippen molar-refractivity contribution < 1.29 is 17.7 Å². The van der Waals surface area contributed by atoms with Gasteiger partial charge in [0.25, 0.3) is 0 Å². The molecule has 0 saturated carbocycles. The molecule has 39 heavy (non-hydrogen) atoms. The van der Waals surface area contributed by atoms with Crippen molar-refractivity contribution in [1.29, 1.82) is 0 Å². The first-order valence-corrected chi connectivity index (χ1v) is 13.4. The second-order valence-electron chi connectivity index (χ2n) is 12.4. The van der Waals surface area contributed by atoms with E-state index >= 15 is 0 Å². The highest BCUT2D eigenvalue weighted by atomic mass is 19.4. The molecule has 7 aromatic rings. The van der Waals surface area contributed by atoms with Crippen LogP contribution in [-0.2, 0) is 19.6 Å². The van der Waals surface area contributed by atoms with E-state index in [1.165, 1.54) is 34.0 Å². The summed E-state index contributed by atoms with van der Waals surface area (Å²) >= 11 is 0. The number of halogens is 3. The van der Waals surface area contributed by atoms with Crippen molar-refractivity contribution in [3.63, 3.8) is 0 Å². The summed E-state index contributed by atoms with van der Waals surface area (Å²) in [6.45, 7) is 10.9. The van der Waals surface area contributed by atoms with Crippen LogP contribution in [0.25, 0.3) is 59.8 Å². The average Bonchev–Trinajstić information content (AvgIpc) is 3.19. The van der Waals surface area contributed by atoms with Gasteiger partial charge in [0, 0.05) is 16.8 Å². The van der Waals surface area contributed by atoms with Crippen molar-refractivity contribution in [1.82, 2.24) is 4.40 Å². The van der Waals surface area contributed by atoms with Gasteiger partial charge in [-0.25, -0.2) is 4.57 Å². The number of pyridine rings is 2. The number of hydrogen-bond donors (Lipinski definition) is 0. The number of nitrogens with zero attached hydrogens (tertiary/aromatic N) is 2. The van der Waals surface area contributed by atoms with Crippen molar-refractivity contribution in [3.05, 3.63) is 83.0 Å². The summed E-state index contributed by atoms with van der Waals surface area (Å²) < 4.78 is 46.4. The molecule has 0 aliphatic carbocycles. The molecule has 0 amide bonds. The van der Waals surface area contributed by atoms with Crippen LogP contribution in [0.3, 0.4) is 0 Å². The largest absolute Gasteiger partial charge is 0.416 e. The van der Waals surface area contributed by atoms with Crippen LogP contribution in [0, 0.1) is 19.3 Å². The minimum Gasteiger partial charge on any atom is -0.307 e. The van der Waals surface area contributed by atoms with Gasteiger partial charge in [-0.05, 0) is 65.1 Å². The lowest BCUT2D eigenvalue weighted by Gasteiger charge is -2.24. The molecule has 7 rings (SSSR count). The molecule has 0 aliphatic heterocycles. The minimum absolute atomic E-state index is 0.0365. The van der Waals surface area contributed by atoms with E-state index in [1.54, 1.807) is 6.07 Å². The first kappa shape index (κ1) is 24.2. The van der Waals surface area contributed by atoms with E-state index in [0.717, 1.165) is 55.5 Å². The molecule has 3 aromatic heterocycles. The Balaban J connectivity index is 1.90. The number of aromatic nitrogens is 2. The number of fused-ring (bicyclic) bond motifs is 7. The summed E-state index contributed by atoms with van der Waals surface area (Å²) in [4.78, 5) is 0. The highest BCUT2D eigenvalue weighted by Crippen LogP contribution is 2.46. The summed E-state index contributed by atoms with van der Waals surface area (Å²) in [5, 5.41) is 7.47. The zero-order valence-corrected chi connectivity index (χ0v) is 23.0. The van der Waals surface area contributed by atoms with Gasteiger partial charge in [-0.3, -0.25) is 0 Å². The van der Waals surface area contributed by atoms with Gasteiger partial charge in [-0.1, -0.05) is 62.7 Å². The number of benzene rings is 4. The quantitative estimate of drug-likeness (QED) is 0.115. The molecule has 196 valence electrons. The lowest BCUT2D eigenvalue weighted by molar-refractivity contribution is -0.643. The molecule has 0 saturated heterocycles. The minimum atomic E-state index is -4.42. The molecule has 0 N–H and O–H groups in total. The predicted octanol–water partition coefficient (Wildman–Crippen LogP) is 9.19. The number of aryl methyl sites for hydroxylation is 3. The smallest absolute Gasteiger partial charge is 0.307 e. The maximum absolute atomic E-state index is 14.0. The van der Waals surface area contributed by atoms with E-state index in [2.05, 4.69) is 93.2 Å². The van der Waals surface area contributed by atoms with Crippen molar-refractivity contribution in [2.24, 2.45) is 12.5 Å². The lowest BCUT2D eigenvalue weighted by Crippen LogP contribution is -2.29. The van der Waals surface area contributed by atoms with Crippen molar-refractivity contribution in [2.75, 3.05) is 0 Å². The topological polar surface area (TPSA) is 8.29 Å². The van der Waals surface area contributed by atoms with Gasteiger partial charge in [0.15, 0.2) is 6.20 Å². The van der Waals surface area contributed by atoms with E-state index in [-0.39, 0.29) is 5.41 Å². The molecule has 0 spiro atoms. The van der Waals surface area contributed by atoms with E-state index in [1.807, 2.05) is 0 Å². The fourth-order valence-electron chi connectivity index (χ4n) is 6.73. The maximum atomic E-state index is 14.0. The molecular formula is C34H30F3N2+. The van der Waals surface area contributed by atoms with E-state index in [4.69, 9.17) is 0 Å². The molecule has 0 atom stereocenters. The second kappa shape index (κ2) is 7.62. The first-order chi connectivity index (χ1) is 18.3. The Kier molecular flexibility index (Phi) is 4.73. The third kappa shape index (κ3) is 3.32. The second-order valence-corrected chi connectivity index (χ2v) is 12.4. The number of rotatable bonds is 1. The molecule has 4 aromatic carbocycles. The third-order valence-corrected chi connectivity index (χ3v) is 8.33. The van der Waals surface area contributed by atoms with Gasteiger partial charge in [0.1, 0.15) is 7.05 Å². The molecule has 0 bridgehead atoms. The zero-order chi connectivity index (χ0) is 27.6. The number of alkyl halides is 3. The summed E-state index contributed by atoms with van der Waals surface area (Å²) in [6.07, 6.45) is -1.54. The van der Waals surface area contributed by atoms with Crippen LogP contribution in [0.15, 0.2) is 60.8 Å². The molecule has 0 unspecified atom stereocenters. The Labute approximate surface area is 224 Å². The Morgan fingerprint density at radius 1 is 0.769 bits per heavy atom. The molecule has 2 nitrogen and oxygen atoms in total. The molecule has 5 heteroatoms. The first-order valence-electron chi connectivity index (χ1n) is 13.4. The van der Waals surface area contributed by atoms with Gasteiger partial charge < -0.3 is 4.40 Å². The van der Waals surface area contributed by atoms with Crippen LogP contribution in [0.5, 0.6) is 0 Å². The third-order valence-electron chi connectivity index (χ3n) is 8.33. The monoisotopic (exact) mass is 523 g/mol. The predicted molar refractivity (Wildman–Crippen MR) is 155 cm³/mol. The number of hydrogen-bond acceptors (Lipinski definition) is 0. The van der Waals surface area contributed by atoms with Gasteiger partial charge in [0.05, 0.1) is 32.9 Å². The molecule has 0 fully saturated rings. The summed E-state index contributed by atoms with van der Waals surface area (Å²) in [7, 11) is 2.07. The summed E-state index contributed by atoms with van der Waals surface area (Å²) in [5.74, 6) is 0. The van der Waals surface area contributed by atoms with Crippen molar-refractivity contribution >= 4 is 59.8 Å². The Morgan fingerprint density at radius 3 is 2.21 bits per heavy atom. The maximum Gasteiger partial charge on any atom is 0.416 e. The van der Waals surface area contributed by atoms with Crippen LogP contribution >= 0.6 is 0 Å². The van der Waals surface area contributed by atoms with Gasteiger partial charge in [-0.2, -0.15) is 13.2 Å². The van der Waals surface area contributed by atoms with Crippen molar-refractivity contribution in [3.8, 4) is 0 Å². The Morgan fingerprint density at radius 2 is 1.49 bits per heavy atom. The SMILES string of the molecule is Cc1ccc2c(CC(C)(C)C)c3c(c(C)c2c1)c1c2c(ccc4c5ccc(C(F)(F)F)cc5n3c42)cc[n+]1C. The van der Waals surface area contributed by atoms with Gasteiger partial charge >= 0.3 is 6.18 Å². The zero-order valence-electron chi connectivity index (χ0n) is 23.0. The van der Waals surface area contributed by atoms with Gasteiger partial charge in [0.2, 0.25) is 5.52 Å². The van der Waals surface area contributed by atoms with Crippen LogP contribution in [0.4, 0.5) is 13.2 Å². The normalized spacial score (nSPS) is 13.4. The van der Waals surface area contributed by atoms with Crippen LogP contribution in [0.1, 0.15) is 43.0 Å². The lowest BCUT2D eigenvalue weighted by atomic mass is 9.83. The molecule has 0 radical (unpaired) electrons. The van der Waals surface area contributed by atoms with Crippen LogP contribution < -0.4 is 4.57 Å². The Hall–Kier alpha value is -3.86. The van der Waals surface area contributed by atoms with E-state index in [9.17, 15) is 13.2 Å². The summed E-state index contributed by atoms with van der Waals surface area (Å²) in [5.41, 5.74) is 6.59. The summed E-state index contributed by atoms with van der Waals surface area (Å²) in [6, 6.07) is 17.1. The standard InChI is InChI=1S/C34H30F3N2/c1-18-7-10-22-25(15-18)19(2)28-31(26(22)17-33(3,4)5)39-27-16-21(34(35,36)37)9-12-23(27)24-11-8-20-13-14-38(6)32(28)29(20)30(24)39/h7-16H,17H2,1-6H3/q+1. The molecular weight excluding hydrogens is 493 g/mol. The highest BCUT2D eigenvalue weighted by Gasteiger charge is 2.33. The molecule has 0 aliphatic rings.